The average Bonchev–Trinajstić information content (AvgIpc) is 3.43. The van der Waals surface area contributed by atoms with Crippen molar-refractivity contribution in [2.45, 2.75) is 18.6 Å². The minimum atomic E-state index is -0.806. The Bertz CT molecular complexity index is 1110. The highest BCUT2D eigenvalue weighted by Crippen LogP contribution is 2.52. The second-order valence-corrected chi connectivity index (χ2v) is 8.27. The van der Waals surface area contributed by atoms with Crippen LogP contribution >= 0.6 is 0 Å². The van der Waals surface area contributed by atoms with E-state index in [4.69, 9.17) is 9.47 Å². The first-order valence-corrected chi connectivity index (χ1v) is 10.4. The number of nitrogens with zero attached hydrogens (tertiary/aromatic N) is 1. The van der Waals surface area contributed by atoms with E-state index < -0.39 is 23.5 Å². The molecule has 2 unspecified atom stereocenters. The molecular formula is C24H23N3O5. The quantitative estimate of drug-likeness (QED) is 0.707. The summed E-state index contributed by atoms with van der Waals surface area (Å²) >= 11 is 0. The second-order valence-electron chi connectivity index (χ2n) is 8.27. The molecule has 2 N–H and O–H groups in total. The highest BCUT2D eigenvalue weighted by atomic mass is 16.5. The lowest BCUT2D eigenvalue weighted by atomic mass is 9.77. The second kappa shape index (κ2) is 7.49. The summed E-state index contributed by atoms with van der Waals surface area (Å²) in [5.41, 5.74) is 1.18. The van der Waals surface area contributed by atoms with E-state index in [1.165, 1.54) is 6.92 Å². The predicted octanol–water partition coefficient (Wildman–Crippen LogP) is 2.58. The van der Waals surface area contributed by atoms with E-state index >= 15 is 0 Å². The topological polar surface area (TPSA) is 97.0 Å². The molecule has 2 aromatic carbocycles. The number of amides is 3. The van der Waals surface area contributed by atoms with Gasteiger partial charge in [-0.2, -0.15) is 0 Å². The number of carbonyl (C=O) groups excluding carboxylic acids is 3. The van der Waals surface area contributed by atoms with Gasteiger partial charge in [0, 0.05) is 24.0 Å². The molecule has 3 aliphatic heterocycles. The third kappa shape index (κ3) is 3.23. The van der Waals surface area contributed by atoms with Crippen LogP contribution < -0.4 is 20.3 Å². The lowest BCUT2D eigenvalue weighted by Gasteiger charge is -2.23. The van der Waals surface area contributed by atoms with Gasteiger partial charge in [0.2, 0.25) is 17.7 Å². The van der Waals surface area contributed by atoms with Crippen LogP contribution in [0.3, 0.4) is 0 Å². The Morgan fingerprint density at radius 2 is 1.72 bits per heavy atom. The van der Waals surface area contributed by atoms with Crippen LogP contribution in [0.4, 0.5) is 17.1 Å². The monoisotopic (exact) mass is 433 g/mol. The molecular weight excluding hydrogens is 410 g/mol. The summed E-state index contributed by atoms with van der Waals surface area (Å²) < 4.78 is 11.3. The van der Waals surface area contributed by atoms with Gasteiger partial charge in [-0.3, -0.25) is 14.4 Å². The zero-order valence-electron chi connectivity index (χ0n) is 17.7. The molecule has 0 saturated carbocycles. The van der Waals surface area contributed by atoms with E-state index in [2.05, 4.69) is 10.6 Å². The third-order valence-corrected chi connectivity index (χ3v) is 6.26. The number of carbonyl (C=O) groups is 3. The molecule has 8 heteroatoms. The number of benzene rings is 2. The third-order valence-electron chi connectivity index (χ3n) is 6.26. The SMILES string of the molecule is COc1ccc(NC(=O)C2C3C(=O)N(c4ccc(NC(C)=O)cc4)C[C@@]34C=C[C@@H]2O4)cc1. The van der Waals surface area contributed by atoms with Gasteiger partial charge < -0.3 is 25.0 Å². The number of hydrogen-bond acceptors (Lipinski definition) is 5. The van der Waals surface area contributed by atoms with Gasteiger partial charge in [-0.1, -0.05) is 12.2 Å². The first kappa shape index (κ1) is 20.3. The maximum Gasteiger partial charge on any atom is 0.234 e. The molecule has 3 aliphatic rings. The largest absolute Gasteiger partial charge is 0.497 e. The van der Waals surface area contributed by atoms with E-state index in [-0.39, 0.29) is 17.7 Å². The fourth-order valence-corrected chi connectivity index (χ4v) is 4.84. The number of hydrogen-bond donors (Lipinski definition) is 2. The van der Waals surface area contributed by atoms with Crippen LogP contribution in [-0.2, 0) is 19.1 Å². The maximum absolute atomic E-state index is 13.4. The van der Waals surface area contributed by atoms with Crippen molar-refractivity contribution in [3.8, 4) is 5.75 Å². The first-order valence-electron chi connectivity index (χ1n) is 10.4. The van der Waals surface area contributed by atoms with Gasteiger partial charge in [0.05, 0.1) is 31.6 Å². The number of rotatable bonds is 5. The Morgan fingerprint density at radius 3 is 2.38 bits per heavy atom. The molecule has 2 fully saturated rings. The lowest BCUT2D eigenvalue weighted by Crippen LogP contribution is -2.41. The molecule has 0 radical (unpaired) electrons. The Labute approximate surface area is 185 Å². The molecule has 5 rings (SSSR count). The van der Waals surface area contributed by atoms with Gasteiger partial charge in [0.15, 0.2) is 0 Å². The smallest absolute Gasteiger partial charge is 0.234 e. The Kier molecular flexibility index (Phi) is 4.74. The van der Waals surface area contributed by atoms with E-state index in [0.29, 0.717) is 29.4 Å². The van der Waals surface area contributed by atoms with Crippen LogP contribution in [0.2, 0.25) is 0 Å². The van der Waals surface area contributed by atoms with Gasteiger partial charge in [0.25, 0.3) is 0 Å². The van der Waals surface area contributed by atoms with Crippen molar-refractivity contribution in [3.63, 3.8) is 0 Å². The van der Waals surface area contributed by atoms with Crippen molar-refractivity contribution < 1.29 is 23.9 Å². The standard InChI is InChI=1S/C24H23N3O5/c1-14(28)25-15-3-7-17(8-4-15)27-13-24-12-11-19(32-24)20(21(24)23(27)30)22(29)26-16-5-9-18(31-2)10-6-16/h3-12,19-21H,13H2,1-2H3,(H,25,28)(H,26,29)/t19-,20?,21?,24-/m0/s1. The van der Waals surface area contributed by atoms with Crippen LogP contribution in [0.5, 0.6) is 5.75 Å². The van der Waals surface area contributed by atoms with Crippen LogP contribution in [0, 0.1) is 11.8 Å². The molecule has 0 aliphatic carbocycles. The highest BCUT2D eigenvalue weighted by Gasteiger charge is 2.67. The number of anilines is 3. The average molecular weight is 433 g/mol. The molecule has 2 bridgehead atoms. The van der Waals surface area contributed by atoms with Gasteiger partial charge in [-0.05, 0) is 48.5 Å². The summed E-state index contributed by atoms with van der Waals surface area (Å²) in [5.74, 6) is -1.06. The van der Waals surface area contributed by atoms with Crippen molar-refractivity contribution in [2.75, 3.05) is 29.2 Å². The van der Waals surface area contributed by atoms with E-state index in [1.54, 1.807) is 60.5 Å². The Balaban J connectivity index is 1.36. The van der Waals surface area contributed by atoms with Crippen LogP contribution in [0.25, 0.3) is 0 Å². The van der Waals surface area contributed by atoms with Gasteiger partial charge >= 0.3 is 0 Å². The number of fused-ring (bicyclic) bond motifs is 1. The molecule has 0 aromatic heterocycles. The zero-order valence-corrected chi connectivity index (χ0v) is 17.7. The summed E-state index contributed by atoms with van der Waals surface area (Å²) in [5, 5.41) is 5.62. The molecule has 2 saturated heterocycles. The number of nitrogens with one attached hydrogen (secondary N) is 2. The molecule has 1 spiro atoms. The Hall–Kier alpha value is -3.65. The number of methoxy groups -OCH3 is 1. The van der Waals surface area contributed by atoms with Crippen LogP contribution in [0.1, 0.15) is 6.92 Å². The van der Waals surface area contributed by atoms with E-state index in [9.17, 15) is 14.4 Å². The van der Waals surface area contributed by atoms with Crippen molar-refractivity contribution in [3.05, 3.63) is 60.7 Å². The van der Waals surface area contributed by atoms with Crippen molar-refractivity contribution in [1.82, 2.24) is 0 Å². The number of ether oxygens (including phenoxy) is 2. The lowest BCUT2D eigenvalue weighted by molar-refractivity contribution is -0.128. The van der Waals surface area contributed by atoms with Gasteiger partial charge in [0.1, 0.15) is 11.4 Å². The minimum absolute atomic E-state index is 0.140. The molecule has 8 nitrogen and oxygen atoms in total. The molecule has 164 valence electrons. The predicted molar refractivity (Wildman–Crippen MR) is 118 cm³/mol. The van der Waals surface area contributed by atoms with E-state index in [1.807, 2.05) is 12.2 Å². The van der Waals surface area contributed by atoms with Crippen molar-refractivity contribution in [1.29, 1.82) is 0 Å². The maximum atomic E-state index is 13.4. The fourth-order valence-electron chi connectivity index (χ4n) is 4.84. The molecule has 4 atom stereocenters. The summed E-state index contributed by atoms with van der Waals surface area (Å²) in [6, 6.07) is 14.1. The highest BCUT2D eigenvalue weighted by molar-refractivity contribution is 6.05. The van der Waals surface area contributed by atoms with Gasteiger partial charge in [-0.15, -0.1) is 0 Å². The summed E-state index contributed by atoms with van der Waals surface area (Å²) in [7, 11) is 1.58. The Morgan fingerprint density at radius 1 is 1.06 bits per heavy atom. The van der Waals surface area contributed by atoms with Gasteiger partial charge in [-0.25, -0.2) is 0 Å². The zero-order chi connectivity index (χ0) is 22.5. The molecule has 2 aromatic rings. The molecule has 3 heterocycles. The van der Waals surface area contributed by atoms with Crippen LogP contribution in [0.15, 0.2) is 60.7 Å². The minimum Gasteiger partial charge on any atom is -0.497 e. The normalized spacial score (nSPS) is 27.4. The van der Waals surface area contributed by atoms with E-state index in [0.717, 1.165) is 0 Å². The molecule has 32 heavy (non-hydrogen) atoms. The summed E-state index contributed by atoms with van der Waals surface area (Å²) in [4.78, 5) is 39.5. The summed E-state index contributed by atoms with van der Waals surface area (Å²) in [6.07, 6.45) is 3.38. The fraction of sp³-hybridized carbons (Fsp3) is 0.292. The summed E-state index contributed by atoms with van der Waals surface area (Å²) in [6.45, 7) is 1.78. The van der Waals surface area contributed by atoms with Crippen molar-refractivity contribution in [2.24, 2.45) is 11.8 Å². The van der Waals surface area contributed by atoms with Crippen LogP contribution in [-0.4, -0.2) is 43.1 Å². The molecule has 3 amide bonds. The first-order chi connectivity index (χ1) is 15.4. The van der Waals surface area contributed by atoms with Crippen molar-refractivity contribution >= 4 is 34.8 Å².